The van der Waals surface area contributed by atoms with E-state index in [0.29, 0.717) is 18.4 Å². The molecule has 9 heteroatoms. The summed E-state index contributed by atoms with van der Waals surface area (Å²) in [6.07, 6.45) is 3.72. The van der Waals surface area contributed by atoms with E-state index in [9.17, 15) is 5.26 Å². The predicted molar refractivity (Wildman–Crippen MR) is 127 cm³/mol. The maximum absolute atomic E-state index is 9.59. The molecule has 0 aliphatic carbocycles. The number of aromatic nitrogens is 3. The van der Waals surface area contributed by atoms with Gasteiger partial charge in [-0.2, -0.15) is 14.6 Å². The van der Waals surface area contributed by atoms with Gasteiger partial charge in [-0.1, -0.05) is 6.92 Å². The lowest BCUT2D eigenvalue weighted by Crippen LogP contribution is -2.68. The van der Waals surface area contributed by atoms with Gasteiger partial charge in [0.15, 0.2) is 0 Å². The normalized spacial score (nSPS) is 30.3. The molecule has 0 saturated carbocycles. The zero-order valence-electron chi connectivity index (χ0n) is 19.2. The zero-order valence-corrected chi connectivity index (χ0v) is 20.0. The van der Waals surface area contributed by atoms with Crippen LogP contribution in [0.1, 0.15) is 31.0 Å². The second-order valence-corrected chi connectivity index (χ2v) is 10.6. The number of nitrogens with zero attached hydrogens (tertiary/aromatic N) is 7. The Balaban J connectivity index is 1.32. The van der Waals surface area contributed by atoms with Crippen LogP contribution in [0.25, 0.3) is 0 Å². The first-order valence-corrected chi connectivity index (χ1v) is 12.4. The number of hydrogen-bond acceptors (Lipinski definition) is 9. The Morgan fingerprint density at radius 3 is 2.88 bits per heavy atom. The van der Waals surface area contributed by atoms with Crippen LogP contribution in [-0.4, -0.2) is 75.5 Å². The van der Waals surface area contributed by atoms with Gasteiger partial charge in [-0.05, 0) is 49.7 Å². The molecule has 0 amide bonds. The number of hydrogen-bond donors (Lipinski definition) is 1. The Labute approximate surface area is 194 Å². The van der Waals surface area contributed by atoms with E-state index in [1.165, 1.54) is 31.0 Å². The van der Waals surface area contributed by atoms with Crippen LogP contribution >= 0.6 is 11.5 Å². The third-order valence-corrected chi connectivity index (χ3v) is 7.89. The molecule has 170 valence electrons. The molecule has 2 unspecified atom stereocenters. The molecule has 5 atom stereocenters. The molecule has 3 saturated heterocycles. The molecule has 0 radical (unpaired) electrons. The maximum atomic E-state index is 9.59. The van der Waals surface area contributed by atoms with Crippen LogP contribution in [0.3, 0.4) is 0 Å². The summed E-state index contributed by atoms with van der Waals surface area (Å²) in [5, 5.41) is 13.8. The van der Waals surface area contributed by atoms with Crippen molar-refractivity contribution in [1.29, 1.82) is 5.26 Å². The van der Waals surface area contributed by atoms with Crippen molar-refractivity contribution in [2.75, 3.05) is 49.5 Å². The van der Waals surface area contributed by atoms with E-state index in [1.807, 2.05) is 19.2 Å². The third-order valence-electron chi connectivity index (χ3n) is 7.10. The van der Waals surface area contributed by atoms with Gasteiger partial charge in [0, 0.05) is 57.1 Å². The van der Waals surface area contributed by atoms with E-state index in [1.54, 1.807) is 0 Å². The predicted octanol–water partition coefficient (Wildman–Crippen LogP) is 3.04. The first kappa shape index (κ1) is 21.6. The fraction of sp³-hybridized carbons (Fsp3) is 0.652. The van der Waals surface area contributed by atoms with Gasteiger partial charge in [0.1, 0.15) is 10.8 Å². The number of nitriles is 1. The number of piperidine rings is 1. The molecule has 3 aliphatic rings. The monoisotopic (exact) mass is 452 g/mol. The van der Waals surface area contributed by atoms with Crippen molar-refractivity contribution in [2.24, 2.45) is 11.8 Å². The molecule has 5 heterocycles. The highest BCUT2D eigenvalue weighted by Crippen LogP contribution is 2.35. The minimum absolute atomic E-state index is 0.178. The molecule has 2 bridgehead atoms. The summed E-state index contributed by atoms with van der Waals surface area (Å²) < 4.78 is 4.32. The minimum atomic E-state index is 0.178. The van der Waals surface area contributed by atoms with Crippen molar-refractivity contribution < 1.29 is 0 Å². The Morgan fingerprint density at radius 1 is 1.22 bits per heavy atom. The Bertz CT molecular complexity index is 1000. The zero-order chi connectivity index (χ0) is 22.2. The minimum Gasteiger partial charge on any atom is -0.349 e. The highest BCUT2D eigenvalue weighted by atomic mass is 32.1. The van der Waals surface area contributed by atoms with Gasteiger partial charge >= 0.3 is 0 Å². The van der Waals surface area contributed by atoms with Crippen molar-refractivity contribution in [1.82, 2.24) is 24.1 Å². The number of fused-ring (bicyclic) bond motifs is 2. The van der Waals surface area contributed by atoms with Gasteiger partial charge in [0.05, 0.1) is 24.2 Å². The average molecular weight is 453 g/mol. The second kappa shape index (κ2) is 8.93. The van der Waals surface area contributed by atoms with Crippen LogP contribution in [0.15, 0.2) is 12.3 Å². The molecule has 32 heavy (non-hydrogen) atoms. The molecule has 2 aromatic heterocycles. The van der Waals surface area contributed by atoms with Crippen LogP contribution < -0.4 is 10.2 Å². The molecule has 3 fully saturated rings. The molecule has 8 nitrogen and oxygen atoms in total. The van der Waals surface area contributed by atoms with Gasteiger partial charge in [-0.3, -0.25) is 4.90 Å². The molecule has 5 rings (SSSR count). The number of nitrogens with one attached hydrogen (secondary N) is 1. The van der Waals surface area contributed by atoms with Crippen LogP contribution in [-0.2, 0) is 0 Å². The highest BCUT2D eigenvalue weighted by molar-refractivity contribution is 7.10. The van der Waals surface area contributed by atoms with Gasteiger partial charge in [0.25, 0.3) is 0 Å². The fourth-order valence-corrected chi connectivity index (χ4v) is 6.35. The summed E-state index contributed by atoms with van der Waals surface area (Å²) in [6, 6.07) is 5.03. The molecule has 1 N–H and O–H groups in total. The van der Waals surface area contributed by atoms with E-state index >= 15 is 0 Å². The van der Waals surface area contributed by atoms with Crippen LogP contribution in [0.2, 0.25) is 0 Å². The van der Waals surface area contributed by atoms with Gasteiger partial charge < -0.3 is 15.1 Å². The molecule has 2 aromatic rings. The summed E-state index contributed by atoms with van der Waals surface area (Å²) >= 11 is 1.41. The van der Waals surface area contributed by atoms with Crippen molar-refractivity contribution in [3.63, 3.8) is 0 Å². The topological polar surface area (TPSA) is 84.2 Å². The fourth-order valence-electron chi connectivity index (χ4n) is 5.69. The van der Waals surface area contributed by atoms with Crippen molar-refractivity contribution in [2.45, 2.75) is 45.7 Å². The number of anilines is 3. The quantitative estimate of drug-likeness (QED) is 0.741. The Kier molecular flexibility index (Phi) is 6.01. The lowest BCUT2D eigenvalue weighted by molar-refractivity contribution is 0.111. The van der Waals surface area contributed by atoms with E-state index in [-0.39, 0.29) is 6.04 Å². The summed E-state index contributed by atoms with van der Waals surface area (Å²) in [5.74, 6) is 3.06. The SMILES string of the molecule is Cc1cc(Nc2ncc(C)c(N3C[C@@H](N4CCN5C[C@H](C)C[C@@H](C5)C4)C3CC#N)n2)sn1. The summed E-state index contributed by atoms with van der Waals surface area (Å²) in [6.45, 7) is 13.2. The molecule has 0 aromatic carbocycles. The van der Waals surface area contributed by atoms with Crippen LogP contribution in [0.4, 0.5) is 16.8 Å². The molecule has 3 aliphatic heterocycles. The number of rotatable bonds is 5. The van der Waals surface area contributed by atoms with Crippen molar-refractivity contribution in [3.05, 3.63) is 23.5 Å². The van der Waals surface area contributed by atoms with E-state index < -0.39 is 0 Å². The summed E-state index contributed by atoms with van der Waals surface area (Å²) in [7, 11) is 0. The summed E-state index contributed by atoms with van der Waals surface area (Å²) in [5.41, 5.74) is 2.03. The smallest absolute Gasteiger partial charge is 0.229 e. The Hall–Kier alpha value is -2.28. The van der Waals surface area contributed by atoms with Crippen LogP contribution in [0.5, 0.6) is 0 Å². The van der Waals surface area contributed by atoms with Crippen LogP contribution in [0, 0.1) is 37.0 Å². The largest absolute Gasteiger partial charge is 0.349 e. The van der Waals surface area contributed by atoms with E-state index in [4.69, 9.17) is 4.98 Å². The van der Waals surface area contributed by atoms with E-state index in [2.05, 4.69) is 49.3 Å². The average Bonchev–Trinajstić information content (AvgIpc) is 3.08. The first-order chi connectivity index (χ1) is 15.5. The highest BCUT2D eigenvalue weighted by Gasteiger charge is 2.45. The van der Waals surface area contributed by atoms with Gasteiger partial charge in [-0.25, -0.2) is 4.98 Å². The standard InChI is InChI=1S/C23H32N8S/c1-15-8-18-12-29(11-15)6-7-30(13-18)20-14-31(19(20)4-5-24)22-16(2)10-25-23(27-22)26-21-9-17(3)28-32-21/h9-10,15,18-20H,4,6-8,11-14H2,1-3H3,(H,25,26,27)/t15-,18+,19?,20-/m1/s1. The molecule has 0 spiro atoms. The molecular weight excluding hydrogens is 420 g/mol. The van der Waals surface area contributed by atoms with Gasteiger partial charge in [0.2, 0.25) is 5.95 Å². The maximum Gasteiger partial charge on any atom is 0.229 e. The first-order valence-electron chi connectivity index (χ1n) is 11.6. The molecular formula is C23H32N8S. The van der Waals surface area contributed by atoms with Crippen molar-refractivity contribution in [3.8, 4) is 6.07 Å². The van der Waals surface area contributed by atoms with Crippen molar-refractivity contribution >= 4 is 28.3 Å². The number of aryl methyl sites for hydroxylation is 2. The van der Waals surface area contributed by atoms with Gasteiger partial charge in [-0.15, -0.1) is 0 Å². The van der Waals surface area contributed by atoms with E-state index in [0.717, 1.165) is 60.1 Å². The Morgan fingerprint density at radius 2 is 2.09 bits per heavy atom. The summed E-state index contributed by atoms with van der Waals surface area (Å²) in [4.78, 5) is 16.9. The second-order valence-electron chi connectivity index (χ2n) is 9.77. The lowest BCUT2D eigenvalue weighted by Gasteiger charge is -2.53. The third kappa shape index (κ3) is 4.32. The lowest BCUT2D eigenvalue weighted by atomic mass is 9.88.